The van der Waals surface area contributed by atoms with Crippen LogP contribution in [0.3, 0.4) is 0 Å². The first kappa shape index (κ1) is 11.7. The molecule has 2 aromatic heterocycles. The second-order valence-electron chi connectivity index (χ2n) is 3.29. The number of amides is 1. The van der Waals surface area contributed by atoms with Crippen LogP contribution < -0.4 is 11.1 Å². The molecule has 0 bridgehead atoms. The van der Waals surface area contributed by atoms with E-state index in [4.69, 9.17) is 15.3 Å². The van der Waals surface area contributed by atoms with E-state index >= 15 is 0 Å². The molecule has 0 unspecified atom stereocenters. The van der Waals surface area contributed by atoms with Gasteiger partial charge < -0.3 is 14.2 Å². The summed E-state index contributed by atoms with van der Waals surface area (Å²) < 4.78 is 10.8. The van der Waals surface area contributed by atoms with Crippen LogP contribution >= 0.6 is 0 Å². The van der Waals surface area contributed by atoms with Crippen molar-refractivity contribution in [1.82, 2.24) is 15.1 Å². The second kappa shape index (κ2) is 5.05. The number of aromatic nitrogens is 2. The molecular formula is C11H9N3O4. The fourth-order valence-corrected chi connectivity index (χ4v) is 1.25. The zero-order valence-electron chi connectivity index (χ0n) is 9.25. The molecular weight excluding hydrogens is 238 g/mol. The van der Waals surface area contributed by atoms with Crippen LogP contribution in [0.4, 0.5) is 0 Å². The number of furan rings is 1. The number of rotatable bonds is 4. The van der Waals surface area contributed by atoms with Crippen LogP contribution in [0, 0.1) is 12.3 Å². The zero-order chi connectivity index (χ0) is 13.0. The fourth-order valence-electron chi connectivity index (χ4n) is 1.25. The predicted octanol–water partition coefficient (Wildman–Crippen LogP) is -0.154. The maximum Gasteiger partial charge on any atom is 0.437 e. The number of carbonyl (C=O) groups excluding carboxylic acids is 1. The number of nitrogens with zero attached hydrogens (tertiary/aromatic N) is 2. The van der Waals surface area contributed by atoms with Crippen molar-refractivity contribution in [2.45, 2.75) is 6.54 Å². The van der Waals surface area contributed by atoms with Crippen molar-refractivity contribution < 1.29 is 13.6 Å². The van der Waals surface area contributed by atoms with E-state index in [0.717, 1.165) is 4.68 Å². The SMILES string of the molecule is C#CCNC(=O)Cn1nc(-c2ccco2)oc1=O. The van der Waals surface area contributed by atoms with E-state index in [9.17, 15) is 9.59 Å². The van der Waals surface area contributed by atoms with Gasteiger partial charge in [0.2, 0.25) is 5.91 Å². The summed E-state index contributed by atoms with van der Waals surface area (Å²) in [6.07, 6.45) is 6.41. The summed E-state index contributed by atoms with van der Waals surface area (Å²) in [7, 11) is 0. The molecule has 0 spiro atoms. The Morgan fingerprint density at radius 3 is 3.11 bits per heavy atom. The third kappa shape index (κ3) is 2.49. The molecule has 0 saturated carbocycles. The first-order valence-electron chi connectivity index (χ1n) is 5.02. The highest BCUT2D eigenvalue weighted by Gasteiger charge is 2.14. The topological polar surface area (TPSA) is 90.3 Å². The average molecular weight is 247 g/mol. The molecule has 2 aromatic rings. The zero-order valence-corrected chi connectivity index (χ0v) is 9.25. The van der Waals surface area contributed by atoms with E-state index in [2.05, 4.69) is 16.3 Å². The number of carbonyl (C=O) groups is 1. The van der Waals surface area contributed by atoms with E-state index in [1.807, 2.05) is 0 Å². The summed E-state index contributed by atoms with van der Waals surface area (Å²) in [6, 6.07) is 3.22. The van der Waals surface area contributed by atoms with Gasteiger partial charge in [0.05, 0.1) is 12.8 Å². The summed E-state index contributed by atoms with van der Waals surface area (Å²) in [5, 5.41) is 6.24. The van der Waals surface area contributed by atoms with Gasteiger partial charge >= 0.3 is 5.76 Å². The lowest BCUT2D eigenvalue weighted by Gasteiger charge is -1.98. The maximum atomic E-state index is 11.4. The highest BCUT2D eigenvalue weighted by molar-refractivity contribution is 5.75. The molecule has 2 rings (SSSR count). The van der Waals surface area contributed by atoms with E-state index in [1.54, 1.807) is 12.1 Å². The van der Waals surface area contributed by atoms with Crippen LogP contribution in [0.5, 0.6) is 0 Å². The summed E-state index contributed by atoms with van der Waals surface area (Å²) in [6.45, 7) is -0.165. The highest BCUT2D eigenvalue weighted by atomic mass is 16.4. The van der Waals surface area contributed by atoms with E-state index < -0.39 is 11.7 Å². The van der Waals surface area contributed by atoms with Crippen LogP contribution in [0.1, 0.15) is 0 Å². The van der Waals surface area contributed by atoms with Gasteiger partial charge in [-0.2, -0.15) is 4.68 Å². The Hall–Kier alpha value is -2.75. The van der Waals surface area contributed by atoms with Gasteiger partial charge in [-0.25, -0.2) is 4.79 Å². The van der Waals surface area contributed by atoms with Crippen molar-refractivity contribution in [3.05, 3.63) is 28.9 Å². The van der Waals surface area contributed by atoms with Gasteiger partial charge in [0, 0.05) is 0 Å². The van der Waals surface area contributed by atoms with Gasteiger partial charge in [-0.1, -0.05) is 5.92 Å². The van der Waals surface area contributed by atoms with Crippen LogP contribution in [0.2, 0.25) is 0 Å². The van der Waals surface area contributed by atoms with Gasteiger partial charge in [-0.3, -0.25) is 4.79 Å². The molecule has 7 heteroatoms. The molecule has 1 amide bonds. The minimum atomic E-state index is -0.739. The molecule has 1 N–H and O–H groups in total. The fraction of sp³-hybridized carbons (Fsp3) is 0.182. The molecule has 0 radical (unpaired) electrons. The molecule has 0 fully saturated rings. The lowest BCUT2D eigenvalue weighted by molar-refractivity contribution is -0.121. The Morgan fingerprint density at radius 1 is 1.61 bits per heavy atom. The highest BCUT2D eigenvalue weighted by Crippen LogP contribution is 2.14. The van der Waals surface area contributed by atoms with Gasteiger partial charge in [0.1, 0.15) is 6.54 Å². The molecule has 0 atom stereocenters. The Bertz CT molecular complexity index is 630. The average Bonchev–Trinajstić information content (AvgIpc) is 2.97. The Balaban J connectivity index is 2.13. The molecule has 2 heterocycles. The standard InChI is InChI=1S/C11H9N3O4/c1-2-5-12-9(15)7-14-11(16)18-10(13-14)8-4-3-6-17-8/h1,3-4,6H,5,7H2,(H,12,15). The van der Waals surface area contributed by atoms with Gasteiger partial charge in [0.25, 0.3) is 5.89 Å². The third-order valence-corrected chi connectivity index (χ3v) is 2.02. The summed E-state index contributed by atoms with van der Waals surface area (Å²) in [5.41, 5.74) is 0. The first-order valence-corrected chi connectivity index (χ1v) is 5.02. The van der Waals surface area contributed by atoms with Gasteiger partial charge in [-0.15, -0.1) is 11.5 Å². The number of terminal acetylenes is 1. The largest absolute Gasteiger partial charge is 0.459 e. The van der Waals surface area contributed by atoms with Crippen LogP contribution in [-0.4, -0.2) is 22.2 Å². The van der Waals surface area contributed by atoms with Crippen LogP contribution in [0.15, 0.2) is 32.0 Å². The van der Waals surface area contributed by atoms with E-state index in [1.165, 1.54) is 6.26 Å². The Kier molecular flexibility index (Phi) is 3.29. The molecule has 0 aliphatic carbocycles. The maximum absolute atomic E-state index is 11.4. The third-order valence-electron chi connectivity index (χ3n) is 2.02. The monoisotopic (exact) mass is 247 g/mol. The molecule has 92 valence electrons. The number of hydrogen-bond donors (Lipinski definition) is 1. The summed E-state index contributed by atoms with van der Waals surface area (Å²) in [5.74, 6) is 1.43. The minimum Gasteiger partial charge on any atom is -0.459 e. The van der Waals surface area contributed by atoms with Crippen molar-refractivity contribution in [3.8, 4) is 24.0 Å². The Labute approximate surface area is 101 Å². The lowest BCUT2D eigenvalue weighted by atomic mass is 10.5. The second-order valence-corrected chi connectivity index (χ2v) is 3.29. The molecule has 0 saturated heterocycles. The van der Waals surface area contributed by atoms with Crippen molar-refractivity contribution in [1.29, 1.82) is 0 Å². The molecule has 18 heavy (non-hydrogen) atoms. The normalized spacial score (nSPS) is 9.94. The summed E-state index contributed by atoms with van der Waals surface area (Å²) in [4.78, 5) is 22.8. The predicted molar refractivity (Wildman–Crippen MR) is 60.3 cm³/mol. The first-order chi connectivity index (χ1) is 8.70. The van der Waals surface area contributed by atoms with Crippen molar-refractivity contribution in [2.75, 3.05) is 6.54 Å². The lowest BCUT2D eigenvalue weighted by Crippen LogP contribution is -2.31. The van der Waals surface area contributed by atoms with E-state index in [-0.39, 0.29) is 19.0 Å². The smallest absolute Gasteiger partial charge is 0.437 e. The summed E-state index contributed by atoms with van der Waals surface area (Å²) >= 11 is 0. The van der Waals surface area contributed by atoms with E-state index in [0.29, 0.717) is 5.76 Å². The van der Waals surface area contributed by atoms with Crippen molar-refractivity contribution >= 4 is 5.91 Å². The molecule has 0 aliphatic heterocycles. The number of hydrogen-bond acceptors (Lipinski definition) is 5. The van der Waals surface area contributed by atoms with Crippen LogP contribution in [-0.2, 0) is 11.3 Å². The number of nitrogens with one attached hydrogen (secondary N) is 1. The molecule has 7 nitrogen and oxygen atoms in total. The quantitative estimate of drug-likeness (QED) is 0.758. The van der Waals surface area contributed by atoms with Gasteiger partial charge in [-0.05, 0) is 12.1 Å². The van der Waals surface area contributed by atoms with Crippen molar-refractivity contribution in [2.24, 2.45) is 0 Å². The molecule has 0 aromatic carbocycles. The van der Waals surface area contributed by atoms with Crippen molar-refractivity contribution in [3.63, 3.8) is 0 Å². The van der Waals surface area contributed by atoms with Gasteiger partial charge in [0.15, 0.2) is 5.76 Å². The molecule has 0 aliphatic rings. The minimum absolute atomic E-state index is 0.0229. The van der Waals surface area contributed by atoms with Crippen LogP contribution in [0.25, 0.3) is 11.7 Å². The Morgan fingerprint density at radius 2 is 2.44 bits per heavy atom.